The summed E-state index contributed by atoms with van der Waals surface area (Å²) < 4.78 is 0.749. The number of hydrogen-bond acceptors (Lipinski definition) is 4. The van der Waals surface area contributed by atoms with Crippen LogP contribution in [0.25, 0.3) is 0 Å². The first kappa shape index (κ1) is 19.2. The topological polar surface area (TPSA) is 90.8 Å². The molecule has 2 aromatic carbocycles. The van der Waals surface area contributed by atoms with Gasteiger partial charge in [0.25, 0.3) is 0 Å². The van der Waals surface area contributed by atoms with Crippen LogP contribution >= 0.6 is 39.1 Å². The van der Waals surface area contributed by atoms with Gasteiger partial charge in [-0.1, -0.05) is 39.1 Å². The number of anilines is 1. The molecule has 0 radical (unpaired) electrons. The molecule has 2 aromatic rings. The van der Waals surface area contributed by atoms with E-state index < -0.39 is 18.2 Å². The second kappa shape index (κ2) is 8.84. The Hall–Kier alpha value is -2.09. The van der Waals surface area contributed by atoms with E-state index in [9.17, 15) is 14.7 Å². The van der Waals surface area contributed by atoms with Crippen molar-refractivity contribution < 1.29 is 14.7 Å². The molecule has 0 aromatic heterocycles. The smallest absolute Gasteiger partial charge is 0.249 e. The number of carbonyl (C=O) groups excluding carboxylic acids is 2. The Balaban J connectivity index is 1.87. The van der Waals surface area contributed by atoms with E-state index in [1.807, 2.05) is 0 Å². The highest BCUT2D eigenvalue weighted by Crippen LogP contribution is 2.25. The lowest BCUT2D eigenvalue weighted by Gasteiger charge is -2.05. The number of rotatable bonds is 5. The van der Waals surface area contributed by atoms with Crippen LogP contribution in [0.1, 0.15) is 12.0 Å². The minimum Gasteiger partial charge on any atom is -0.507 e. The van der Waals surface area contributed by atoms with Gasteiger partial charge in [-0.05, 0) is 36.4 Å². The summed E-state index contributed by atoms with van der Waals surface area (Å²) in [6.45, 7) is 0. The number of phenolic OH excluding ortho intramolecular Hbond substituents is 1. The minimum atomic E-state index is -0.608. The monoisotopic (exact) mass is 443 g/mol. The number of aromatic hydroxyl groups is 1. The van der Waals surface area contributed by atoms with Crippen LogP contribution in [-0.2, 0) is 9.59 Å². The second-order valence-corrected chi connectivity index (χ2v) is 6.58. The number of amides is 2. The van der Waals surface area contributed by atoms with Gasteiger partial charge < -0.3 is 10.4 Å². The SMILES string of the molecule is O=C(CC(=O)Nc1ccc(Cl)c(Cl)c1)NN=Cc1cc(Br)ccc1O. The van der Waals surface area contributed by atoms with Crippen LogP contribution in [0.3, 0.4) is 0 Å². The van der Waals surface area contributed by atoms with Crippen LogP contribution in [0.5, 0.6) is 5.75 Å². The molecule has 130 valence electrons. The molecule has 0 saturated heterocycles. The molecule has 0 aliphatic rings. The molecular formula is C16H12BrCl2N3O3. The lowest BCUT2D eigenvalue weighted by atomic mass is 10.2. The van der Waals surface area contributed by atoms with E-state index in [1.54, 1.807) is 18.2 Å². The molecule has 25 heavy (non-hydrogen) atoms. The number of benzene rings is 2. The lowest BCUT2D eigenvalue weighted by Crippen LogP contribution is -2.24. The van der Waals surface area contributed by atoms with Crippen LogP contribution in [0.15, 0.2) is 46.0 Å². The fourth-order valence-electron chi connectivity index (χ4n) is 1.77. The summed E-state index contributed by atoms with van der Waals surface area (Å²) in [7, 11) is 0. The number of hydrazone groups is 1. The van der Waals surface area contributed by atoms with E-state index in [0.29, 0.717) is 21.3 Å². The van der Waals surface area contributed by atoms with E-state index in [0.717, 1.165) is 4.47 Å². The van der Waals surface area contributed by atoms with Crippen LogP contribution in [0.4, 0.5) is 5.69 Å². The summed E-state index contributed by atoms with van der Waals surface area (Å²) in [5.41, 5.74) is 3.05. The zero-order valence-electron chi connectivity index (χ0n) is 12.6. The van der Waals surface area contributed by atoms with E-state index in [2.05, 4.69) is 31.8 Å². The van der Waals surface area contributed by atoms with E-state index in [-0.39, 0.29) is 5.75 Å². The molecule has 0 bridgehead atoms. The van der Waals surface area contributed by atoms with E-state index in [4.69, 9.17) is 23.2 Å². The van der Waals surface area contributed by atoms with Crippen molar-refractivity contribution >= 4 is 62.8 Å². The number of hydrogen-bond donors (Lipinski definition) is 3. The molecule has 0 spiro atoms. The molecule has 6 nitrogen and oxygen atoms in total. The van der Waals surface area contributed by atoms with Gasteiger partial charge in [0.15, 0.2) is 0 Å². The largest absolute Gasteiger partial charge is 0.507 e. The molecule has 0 aliphatic carbocycles. The number of nitrogens with one attached hydrogen (secondary N) is 2. The predicted octanol–water partition coefficient (Wildman–Crippen LogP) is 3.94. The van der Waals surface area contributed by atoms with Crippen LogP contribution in [-0.4, -0.2) is 23.1 Å². The third kappa shape index (κ3) is 6.04. The first-order valence-electron chi connectivity index (χ1n) is 6.90. The summed E-state index contributed by atoms with van der Waals surface area (Å²) in [5, 5.41) is 16.5. The van der Waals surface area contributed by atoms with Gasteiger partial charge in [0.05, 0.1) is 16.3 Å². The maximum absolute atomic E-state index is 11.8. The third-order valence-electron chi connectivity index (χ3n) is 2.91. The fraction of sp³-hybridized carbons (Fsp3) is 0.0625. The molecule has 0 atom stereocenters. The summed E-state index contributed by atoms with van der Waals surface area (Å²) in [5.74, 6) is -1.13. The predicted molar refractivity (Wildman–Crippen MR) is 101 cm³/mol. The van der Waals surface area contributed by atoms with Crippen LogP contribution in [0.2, 0.25) is 10.0 Å². The Morgan fingerprint density at radius 2 is 1.88 bits per heavy atom. The molecule has 2 rings (SSSR count). The lowest BCUT2D eigenvalue weighted by molar-refractivity contribution is -0.126. The molecule has 0 saturated carbocycles. The van der Waals surface area contributed by atoms with Crippen molar-refractivity contribution in [2.24, 2.45) is 5.10 Å². The van der Waals surface area contributed by atoms with Gasteiger partial charge in [-0.3, -0.25) is 9.59 Å². The molecular weight excluding hydrogens is 433 g/mol. The van der Waals surface area contributed by atoms with Gasteiger partial charge in [0.1, 0.15) is 12.2 Å². The molecule has 9 heteroatoms. The zero-order chi connectivity index (χ0) is 18.4. The van der Waals surface area contributed by atoms with Gasteiger partial charge >= 0.3 is 0 Å². The van der Waals surface area contributed by atoms with Crippen LogP contribution in [0, 0.1) is 0 Å². The molecule has 0 unspecified atom stereocenters. The van der Waals surface area contributed by atoms with E-state index in [1.165, 1.54) is 24.4 Å². The number of nitrogens with zero attached hydrogens (tertiary/aromatic N) is 1. The highest BCUT2D eigenvalue weighted by Gasteiger charge is 2.10. The Bertz CT molecular complexity index is 843. The number of phenols is 1. The summed E-state index contributed by atoms with van der Waals surface area (Å²) in [4.78, 5) is 23.5. The maximum atomic E-state index is 11.8. The van der Waals surface area contributed by atoms with Crippen molar-refractivity contribution in [2.75, 3.05) is 5.32 Å². The minimum absolute atomic E-state index is 0.0126. The molecule has 3 N–H and O–H groups in total. The second-order valence-electron chi connectivity index (χ2n) is 4.85. The van der Waals surface area contributed by atoms with E-state index >= 15 is 0 Å². The van der Waals surface area contributed by atoms with Crippen molar-refractivity contribution in [1.82, 2.24) is 5.43 Å². The first-order chi connectivity index (χ1) is 11.8. The van der Waals surface area contributed by atoms with Gasteiger partial charge in [-0.2, -0.15) is 5.10 Å². The molecule has 0 aliphatic heterocycles. The Kier molecular flexibility index (Phi) is 6.81. The average molecular weight is 445 g/mol. The van der Waals surface area contributed by atoms with Crippen molar-refractivity contribution in [1.29, 1.82) is 0 Å². The number of carbonyl (C=O) groups is 2. The summed E-state index contributed by atoms with van der Waals surface area (Å²) in [6.07, 6.45) is 0.844. The van der Waals surface area contributed by atoms with Crippen LogP contribution < -0.4 is 10.7 Å². The van der Waals surface area contributed by atoms with Crippen molar-refractivity contribution in [3.63, 3.8) is 0 Å². The molecule has 2 amide bonds. The number of halogens is 3. The van der Waals surface area contributed by atoms with Crippen molar-refractivity contribution in [2.45, 2.75) is 6.42 Å². The van der Waals surface area contributed by atoms with Gasteiger partial charge in [-0.25, -0.2) is 5.43 Å². The van der Waals surface area contributed by atoms with Crippen molar-refractivity contribution in [3.05, 3.63) is 56.5 Å². The Morgan fingerprint density at radius 3 is 2.60 bits per heavy atom. The standard InChI is InChI=1S/C16H12BrCl2N3O3/c17-10-1-4-14(23)9(5-10)8-20-22-16(25)7-15(24)21-11-2-3-12(18)13(19)6-11/h1-6,8,23H,7H2,(H,21,24)(H,22,25). The normalized spacial score (nSPS) is 10.7. The maximum Gasteiger partial charge on any atom is 0.249 e. The Labute approximate surface area is 162 Å². The molecule has 0 heterocycles. The highest BCUT2D eigenvalue weighted by molar-refractivity contribution is 9.10. The van der Waals surface area contributed by atoms with Gasteiger partial charge in [0, 0.05) is 15.7 Å². The quantitative estimate of drug-likeness (QED) is 0.370. The first-order valence-corrected chi connectivity index (χ1v) is 8.45. The Morgan fingerprint density at radius 1 is 1.12 bits per heavy atom. The summed E-state index contributed by atoms with van der Waals surface area (Å²) in [6, 6.07) is 9.36. The van der Waals surface area contributed by atoms with Gasteiger partial charge in [0.2, 0.25) is 11.8 Å². The highest BCUT2D eigenvalue weighted by atomic mass is 79.9. The molecule has 0 fully saturated rings. The fourth-order valence-corrected chi connectivity index (χ4v) is 2.44. The van der Waals surface area contributed by atoms with Gasteiger partial charge in [-0.15, -0.1) is 0 Å². The average Bonchev–Trinajstić information content (AvgIpc) is 2.54. The third-order valence-corrected chi connectivity index (χ3v) is 4.14. The van der Waals surface area contributed by atoms with Crippen molar-refractivity contribution in [3.8, 4) is 5.75 Å². The zero-order valence-corrected chi connectivity index (χ0v) is 15.7. The summed E-state index contributed by atoms with van der Waals surface area (Å²) >= 11 is 14.9.